The molecule has 4 unspecified atom stereocenters. The third kappa shape index (κ3) is 37.6. The van der Waals surface area contributed by atoms with Gasteiger partial charge in [0.25, 0.3) is 0 Å². The number of carbonyl (C=O) groups is 1. The molecule has 0 saturated heterocycles. The second-order valence-electron chi connectivity index (χ2n) is 15.1. The molecule has 0 aliphatic carbocycles. The predicted octanol–water partition coefficient (Wildman–Crippen LogP) is 11.3. The van der Waals surface area contributed by atoms with Gasteiger partial charge in [-0.05, 0) is 57.8 Å². The summed E-state index contributed by atoms with van der Waals surface area (Å²) in [6.07, 6.45) is 43.7. The Kier molecular flexibility index (Phi) is 38.9. The summed E-state index contributed by atoms with van der Waals surface area (Å²) in [6.45, 7) is 3.94. The Morgan fingerprint density at radius 1 is 0.630 bits per heavy atom. The van der Waals surface area contributed by atoms with Crippen LogP contribution in [0.25, 0.3) is 0 Å². The molecule has 10 heteroatoms. The zero-order chi connectivity index (χ0) is 39.8. The van der Waals surface area contributed by atoms with E-state index in [1.54, 1.807) is 6.08 Å². The zero-order valence-electron chi connectivity index (χ0n) is 34.8. The van der Waals surface area contributed by atoms with E-state index < -0.39 is 38.6 Å². The maximum atomic E-state index is 12.8. The van der Waals surface area contributed by atoms with E-state index in [-0.39, 0.29) is 19.6 Å². The van der Waals surface area contributed by atoms with Crippen molar-refractivity contribution in [1.82, 2.24) is 5.32 Å². The minimum Gasteiger partial charge on any atom is -0.393 e. The van der Waals surface area contributed by atoms with E-state index in [0.29, 0.717) is 12.8 Å². The fraction of sp³-hybridized carbons (Fsp3) is 0.841. The number of phosphoric acid groups is 1. The Labute approximate surface area is 332 Å². The van der Waals surface area contributed by atoms with E-state index >= 15 is 0 Å². The first-order valence-electron chi connectivity index (χ1n) is 22.2. The van der Waals surface area contributed by atoms with Crippen LogP contribution in [-0.4, -0.2) is 59.0 Å². The Bertz CT molecular complexity index is 961. The molecule has 0 saturated carbocycles. The molecule has 0 aliphatic heterocycles. The number of phosphoric ester groups is 1. The maximum Gasteiger partial charge on any atom is 0.472 e. The van der Waals surface area contributed by atoms with Gasteiger partial charge in [-0.15, -0.1) is 0 Å². The summed E-state index contributed by atoms with van der Waals surface area (Å²) in [7, 11) is -4.41. The minimum absolute atomic E-state index is 0.0428. The topological polar surface area (TPSA) is 151 Å². The molecular formula is C44H85N2O7P. The molecule has 1 amide bonds. The van der Waals surface area contributed by atoms with Crippen LogP contribution < -0.4 is 11.1 Å². The highest BCUT2D eigenvalue weighted by Crippen LogP contribution is 2.43. The summed E-state index contributed by atoms with van der Waals surface area (Å²) in [5.41, 5.74) is 5.36. The number of nitrogens with two attached hydrogens (primary N) is 1. The first kappa shape index (κ1) is 52.7. The van der Waals surface area contributed by atoms with Crippen LogP contribution in [0.1, 0.15) is 200 Å². The van der Waals surface area contributed by atoms with Crippen molar-refractivity contribution in [2.75, 3.05) is 19.8 Å². The third-order valence-corrected chi connectivity index (χ3v) is 10.7. The van der Waals surface area contributed by atoms with Gasteiger partial charge in [0.15, 0.2) is 0 Å². The van der Waals surface area contributed by atoms with Gasteiger partial charge in [0.2, 0.25) is 5.91 Å². The second kappa shape index (κ2) is 39.9. The molecule has 0 rings (SSSR count). The van der Waals surface area contributed by atoms with E-state index in [1.165, 1.54) is 122 Å². The van der Waals surface area contributed by atoms with Gasteiger partial charge in [-0.3, -0.25) is 13.8 Å². The predicted molar refractivity (Wildman–Crippen MR) is 227 cm³/mol. The number of allylic oxidation sites excluding steroid dienone is 5. The molecule has 0 aromatic rings. The summed E-state index contributed by atoms with van der Waals surface area (Å²) in [4.78, 5) is 22.7. The number of hydrogen-bond donors (Lipinski definition) is 5. The van der Waals surface area contributed by atoms with Crippen molar-refractivity contribution in [3.05, 3.63) is 36.5 Å². The number of carbonyl (C=O) groups excluding carboxylic acids is 1. The molecule has 0 bridgehead atoms. The molecule has 6 N–H and O–H groups in total. The molecule has 0 aromatic heterocycles. The van der Waals surface area contributed by atoms with Crippen molar-refractivity contribution < 1.29 is 33.5 Å². The number of unbranched alkanes of at least 4 members (excludes halogenated alkanes) is 23. The number of hydrogen-bond acceptors (Lipinski definition) is 7. The Morgan fingerprint density at radius 3 is 1.54 bits per heavy atom. The van der Waals surface area contributed by atoms with E-state index in [1.807, 2.05) is 6.08 Å². The molecule has 0 aliphatic rings. The van der Waals surface area contributed by atoms with Crippen LogP contribution in [0, 0.1) is 0 Å². The van der Waals surface area contributed by atoms with Gasteiger partial charge in [-0.2, -0.15) is 0 Å². The van der Waals surface area contributed by atoms with E-state index in [9.17, 15) is 24.5 Å². The summed E-state index contributed by atoms with van der Waals surface area (Å²) in [5.74, 6) is -0.465. The molecular weight excluding hydrogens is 699 g/mol. The van der Waals surface area contributed by atoms with Crippen LogP contribution in [-0.2, 0) is 18.4 Å². The van der Waals surface area contributed by atoms with Crippen LogP contribution in [0.4, 0.5) is 0 Å². The van der Waals surface area contributed by atoms with Crippen molar-refractivity contribution >= 4 is 13.7 Å². The molecule has 0 radical (unpaired) electrons. The van der Waals surface area contributed by atoms with Gasteiger partial charge >= 0.3 is 7.82 Å². The monoisotopic (exact) mass is 785 g/mol. The van der Waals surface area contributed by atoms with Gasteiger partial charge in [-0.25, -0.2) is 4.57 Å². The normalized spacial score (nSPS) is 15.0. The van der Waals surface area contributed by atoms with Crippen molar-refractivity contribution in [3.8, 4) is 0 Å². The van der Waals surface area contributed by atoms with Crippen LogP contribution in [0.2, 0.25) is 0 Å². The standard InChI is InChI=1S/C44H85N2O7P/c1-3-5-7-9-11-13-15-17-19-20-21-22-24-26-28-30-32-34-36-43(48)42(40-53-54(50,51)52-38-37-45)46-44(49)39-41(47)35-33-31-29-27-25-23-18-16-14-12-10-8-6-4-2/h23,25-26,28,34,36,41-43,47-48H,3-22,24,27,29-33,35,37-40,45H2,1-2H3,(H,46,49)(H,50,51)/b25-23-,28-26+,36-34+. The Hall–Kier alpha value is -1.32. The highest BCUT2D eigenvalue weighted by Gasteiger charge is 2.27. The average molecular weight is 785 g/mol. The molecule has 0 heterocycles. The van der Waals surface area contributed by atoms with Crippen LogP contribution in [0.3, 0.4) is 0 Å². The molecule has 0 spiro atoms. The summed E-state index contributed by atoms with van der Waals surface area (Å²) in [6, 6.07) is -1.00. The second-order valence-corrected chi connectivity index (χ2v) is 16.5. The first-order valence-corrected chi connectivity index (χ1v) is 23.7. The molecule has 318 valence electrons. The lowest BCUT2D eigenvalue weighted by Crippen LogP contribution is -2.46. The fourth-order valence-corrected chi connectivity index (χ4v) is 7.12. The van der Waals surface area contributed by atoms with Crippen molar-refractivity contribution in [2.45, 2.75) is 218 Å². The lowest BCUT2D eigenvalue weighted by atomic mass is 10.0. The van der Waals surface area contributed by atoms with Gasteiger partial charge in [0.1, 0.15) is 0 Å². The number of aliphatic hydroxyl groups excluding tert-OH is 2. The van der Waals surface area contributed by atoms with E-state index in [0.717, 1.165) is 44.9 Å². The van der Waals surface area contributed by atoms with Crippen LogP contribution >= 0.6 is 7.82 Å². The van der Waals surface area contributed by atoms with Gasteiger partial charge in [0.05, 0.1) is 37.9 Å². The van der Waals surface area contributed by atoms with E-state index in [2.05, 4.69) is 43.5 Å². The lowest BCUT2D eigenvalue weighted by Gasteiger charge is -2.24. The highest BCUT2D eigenvalue weighted by molar-refractivity contribution is 7.47. The molecule has 0 aromatic carbocycles. The Balaban J connectivity index is 4.39. The number of aliphatic hydroxyl groups is 2. The summed E-state index contributed by atoms with van der Waals surface area (Å²) in [5, 5.41) is 24.0. The fourth-order valence-electron chi connectivity index (χ4n) is 6.36. The molecule has 4 atom stereocenters. The van der Waals surface area contributed by atoms with Crippen LogP contribution in [0.15, 0.2) is 36.5 Å². The number of amides is 1. The zero-order valence-corrected chi connectivity index (χ0v) is 35.7. The Morgan fingerprint density at radius 2 is 1.06 bits per heavy atom. The van der Waals surface area contributed by atoms with Crippen molar-refractivity contribution in [1.29, 1.82) is 0 Å². The van der Waals surface area contributed by atoms with Gasteiger partial charge < -0.3 is 26.2 Å². The van der Waals surface area contributed by atoms with Gasteiger partial charge in [-0.1, -0.05) is 172 Å². The third-order valence-electron chi connectivity index (χ3n) is 9.74. The minimum atomic E-state index is -4.41. The maximum absolute atomic E-state index is 12.8. The molecule has 0 fully saturated rings. The van der Waals surface area contributed by atoms with Crippen molar-refractivity contribution in [2.24, 2.45) is 5.73 Å². The molecule has 54 heavy (non-hydrogen) atoms. The highest BCUT2D eigenvalue weighted by atomic mass is 31.2. The molecule has 9 nitrogen and oxygen atoms in total. The SMILES string of the molecule is CCCCCCCCC/C=C\CCCCCC(O)CC(=O)NC(COP(=O)(O)OCCN)C(O)/C=C/CC/C=C/CCCCCCCCCCCCCC. The quantitative estimate of drug-likeness (QED) is 0.0233. The average Bonchev–Trinajstić information content (AvgIpc) is 3.15. The summed E-state index contributed by atoms with van der Waals surface area (Å²) >= 11 is 0. The van der Waals surface area contributed by atoms with Crippen LogP contribution in [0.5, 0.6) is 0 Å². The van der Waals surface area contributed by atoms with E-state index in [4.69, 9.17) is 14.8 Å². The number of rotatable bonds is 41. The largest absolute Gasteiger partial charge is 0.472 e. The van der Waals surface area contributed by atoms with Gasteiger partial charge in [0, 0.05) is 6.54 Å². The first-order chi connectivity index (χ1) is 26.3. The lowest BCUT2D eigenvalue weighted by molar-refractivity contribution is -0.124. The summed E-state index contributed by atoms with van der Waals surface area (Å²) < 4.78 is 22.1. The van der Waals surface area contributed by atoms with Crippen molar-refractivity contribution in [3.63, 3.8) is 0 Å². The number of nitrogens with one attached hydrogen (secondary N) is 1. The smallest absolute Gasteiger partial charge is 0.393 e.